The summed E-state index contributed by atoms with van der Waals surface area (Å²) < 4.78 is 29.6. The normalized spacial score (nSPS) is 10.1. The summed E-state index contributed by atoms with van der Waals surface area (Å²) in [6.07, 6.45) is 0. The summed E-state index contributed by atoms with van der Waals surface area (Å²) in [6, 6.07) is 0. The molecule has 0 atom stereocenters. The van der Waals surface area contributed by atoms with E-state index in [0.29, 0.717) is 0 Å². The molecule has 0 aliphatic rings. The summed E-state index contributed by atoms with van der Waals surface area (Å²) in [6.45, 7) is 0. The van der Waals surface area contributed by atoms with E-state index < -0.39 is 17.7 Å². The Morgan fingerprint density at radius 3 is 1.67 bits per heavy atom. The molecule has 0 aliphatic heterocycles. The van der Waals surface area contributed by atoms with Crippen molar-refractivity contribution in [2.75, 3.05) is 0 Å². The molecule has 0 aromatic heterocycles. The molecule has 0 aliphatic carbocycles. The molecule has 0 saturated carbocycles. The summed E-state index contributed by atoms with van der Waals surface area (Å²) in [4.78, 5) is 0. The summed E-state index contributed by atoms with van der Waals surface area (Å²) in [5.41, 5.74) is 0. The third kappa shape index (κ3) is 11.8. The van der Waals surface area contributed by atoms with Crippen LogP contribution in [0.15, 0.2) is 0 Å². The van der Waals surface area contributed by atoms with Crippen LogP contribution in [0.1, 0.15) is 0 Å². The van der Waals surface area contributed by atoms with Gasteiger partial charge in [0, 0.05) is 0 Å². The Hall–Kier alpha value is 0.452. The molecule has 0 saturated heterocycles. The molecule has 0 radical (unpaired) electrons. The molecule has 0 bridgehead atoms. The van der Waals surface area contributed by atoms with Gasteiger partial charge in [0.05, 0.1) is 0 Å². The van der Waals surface area contributed by atoms with Gasteiger partial charge in [0.1, 0.15) is 0 Å². The topological polar surface area (TPSA) is 104 Å². The van der Waals surface area contributed by atoms with E-state index >= 15 is 0 Å². The van der Waals surface area contributed by atoms with Gasteiger partial charge in [-0.15, -0.1) is 0 Å². The van der Waals surface area contributed by atoms with Gasteiger partial charge in [-0.05, 0) is 0 Å². The average molecular weight is 150 g/mol. The van der Waals surface area contributed by atoms with Gasteiger partial charge in [-0.1, -0.05) is 0 Å². The Labute approximate surface area is 64.1 Å². The molecular formula is H4BLiO6S. The van der Waals surface area contributed by atoms with Gasteiger partial charge >= 0.3 is 36.6 Å². The standard InChI is InChI=1S/BH3O6S.Li.H/c2-1(3)7-8(4,5)6;;/h2-3H,(H,4,5,6);;. The molecule has 0 spiro atoms. The molecule has 6 nitrogen and oxygen atoms in total. The average Bonchev–Trinajstić information content (AvgIpc) is 1.21. The molecule has 0 amide bonds. The van der Waals surface area contributed by atoms with Crippen molar-refractivity contribution in [2.24, 2.45) is 0 Å². The second-order valence-electron chi connectivity index (χ2n) is 0.850. The fourth-order valence-corrected chi connectivity index (χ4v) is 0.326. The second kappa shape index (κ2) is 4.30. The van der Waals surface area contributed by atoms with Crippen LogP contribution >= 0.6 is 0 Å². The first-order chi connectivity index (χ1) is 3.42. The van der Waals surface area contributed by atoms with Gasteiger partial charge in [0.2, 0.25) is 0 Å². The molecule has 0 aromatic carbocycles. The maximum atomic E-state index is 9.46. The Morgan fingerprint density at radius 1 is 1.33 bits per heavy atom. The van der Waals surface area contributed by atoms with Crippen molar-refractivity contribution >= 4 is 36.6 Å². The van der Waals surface area contributed by atoms with Crippen molar-refractivity contribution in [3.8, 4) is 0 Å². The molecule has 0 rings (SSSR count). The first-order valence-electron chi connectivity index (χ1n) is 1.43. The summed E-state index contributed by atoms with van der Waals surface area (Å²) in [5, 5.41) is 15.4. The zero-order valence-corrected chi connectivity index (χ0v) is 4.37. The number of hydrogen-bond donors (Lipinski definition) is 3. The predicted octanol–water partition coefficient (Wildman–Crippen LogP) is -2.87. The zero-order chi connectivity index (χ0) is 6.78. The van der Waals surface area contributed by atoms with Gasteiger partial charge in [-0.2, -0.15) is 8.42 Å². The van der Waals surface area contributed by atoms with E-state index in [-0.39, 0.29) is 18.9 Å². The quantitative estimate of drug-likeness (QED) is 0.288. The Bertz CT molecular complexity index is 146. The van der Waals surface area contributed by atoms with Gasteiger partial charge < -0.3 is 10.0 Å². The summed E-state index contributed by atoms with van der Waals surface area (Å²) >= 11 is 0. The van der Waals surface area contributed by atoms with Crippen LogP contribution in [-0.4, -0.2) is 49.2 Å². The van der Waals surface area contributed by atoms with Crippen molar-refractivity contribution in [1.29, 1.82) is 0 Å². The monoisotopic (exact) mass is 150 g/mol. The molecule has 50 valence electrons. The van der Waals surface area contributed by atoms with E-state index in [4.69, 9.17) is 14.6 Å². The van der Waals surface area contributed by atoms with E-state index in [2.05, 4.69) is 4.10 Å². The molecule has 3 N–H and O–H groups in total. The molecule has 0 aromatic rings. The van der Waals surface area contributed by atoms with Gasteiger partial charge in [0.25, 0.3) is 0 Å². The molecule has 9 heavy (non-hydrogen) atoms. The third-order valence-corrected chi connectivity index (χ3v) is 0.623. The molecule has 0 heterocycles. The summed E-state index contributed by atoms with van der Waals surface area (Å²) in [7, 11) is -7.22. The van der Waals surface area contributed by atoms with Crippen molar-refractivity contribution < 1.29 is 27.1 Å². The number of hydrogen-bond acceptors (Lipinski definition) is 5. The molecule has 9 heteroatoms. The number of rotatable bonds is 2. The van der Waals surface area contributed by atoms with E-state index in [9.17, 15) is 8.42 Å². The first kappa shape index (κ1) is 12.2. The van der Waals surface area contributed by atoms with Gasteiger partial charge in [0.15, 0.2) is 0 Å². The van der Waals surface area contributed by atoms with Crippen LogP contribution in [0.25, 0.3) is 0 Å². The molecule has 0 fully saturated rings. The zero-order valence-electron chi connectivity index (χ0n) is 3.55. The van der Waals surface area contributed by atoms with Gasteiger partial charge in [-0.3, -0.25) is 4.55 Å². The first-order valence-corrected chi connectivity index (χ1v) is 2.80. The SMILES string of the molecule is O=S(=O)(O)OB(O)O.[LiH]. The Morgan fingerprint density at radius 2 is 1.67 bits per heavy atom. The minimum absolute atomic E-state index is 0. The van der Waals surface area contributed by atoms with Crippen molar-refractivity contribution in [2.45, 2.75) is 0 Å². The van der Waals surface area contributed by atoms with Crippen LogP contribution in [-0.2, 0) is 14.5 Å². The van der Waals surface area contributed by atoms with E-state index in [1.807, 2.05) is 0 Å². The van der Waals surface area contributed by atoms with E-state index in [1.54, 1.807) is 0 Å². The van der Waals surface area contributed by atoms with E-state index in [0.717, 1.165) is 0 Å². The van der Waals surface area contributed by atoms with Crippen LogP contribution in [0.4, 0.5) is 0 Å². The van der Waals surface area contributed by atoms with Gasteiger partial charge in [-0.25, -0.2) is 4.10 Å². The van der Waals surface area contributed by atoms with Crippen molar-refractivity contribution in [3.05, 3.63) is 0 Å². The second-order valence-corrected chi connectivity index (χ2v) is 1.90. The van der Waals surface area contributed by atoms with Crippen LogP contribution in [0.3, 0.4) is 0 Å². The Kier molecular flexibility index (Phi) is 5.80. The summed E-state index contributed by atoms with van der Waals surface area (Å²) in [5.74, 6) is 0. The fraction of sp³-hybridized carbons (Fsp3) is 0. The van der Waals surface area contributed by atoms with Crippen molar-refractivity contribution in [1.82, 2.24) is 0 Å². The Balaban J connectivity index is 0. The minimum atomic E-state index is -4.72. The van der Waals surface area contributed by atoms with Crippen molar-refractivity contribution in [3.63, 3.8) is 0 Å². The predicted molar refractivity (Wildman–Crippen MR) is 30.0 cm³/mol. The fourth-order valence-electron chi connectivity index (χ4n) is 0.109. The third-order valence-electron chi connectivity index (χ3n) is 0.208. The maximum absolute atomic E-state index is 9.46. The van der Waals surface area contributed by atoms with Crippen LogP contribution in [0.5, 0.6) is 0 Å². The van der Waals surface area contributed by atoms with Crippen LogP contribution in [0, 0.1) is 0 Å². The van der Waals surface area contributed by atoms with Crippen LogP contribution in [0.2, 0.25) is 0 Å². The molecule has 0 unspecified atom stereocenters. The van der Waals surface area contributed by atoms with E-state index in [1.165, 1.54) is 0 Å². The van der Waals surface area contributed by atoms with Crippen LogP contribution < -0.4 is 0 Å². The molecular weight excluding hydrogens is 146 g/mol.